The van der Waals surface area contributed by atoms with Crippen molar-refractivity contribution in [2.45, 2.75) is 51.6 Å². The number of fused-ring (bicyclic) bond motifs is 2. The first-order valence-electron chi connectivity index (χ1n) is 8.98. The minimum atomic E-state index is 0.456. The SMILES string of the molecule is CNc1nc(N[C@H]2CCN3CCC[C@@H]3C2)nc2nc(C)cc(C)c12. The van der Waals surface area contributed by atoms with Crippen LogP contribution in [-0.2, 0) is 0 Å². The van der Waals surface area contributed by atoms with Crippen molar-refractivity contribution in [2.75, 3.05) is 30.8 Å². The standard InChI is InChI=1S/C18H26N6/c1-11-9-12(2)20-17-15(11)16(19-3)22-18(23-17)21-13-6-8-24-7-4-5-14(24)10-13/h9,13-14H,4-8,10H2,1-3H3,(H2,19,20,21,22,23)/t13-,14+/m0/s1. The second-order valence-electron chi connectivity index (χ2n) is 7.12. The summed E-state index contributed by atoms with van der Waals surface area (Å²) in [7, 11) is 1.90. The van der Waals surface area contributed by atoms with Gasteiger partial charge in [-0.05, 0) is 57.7 Å². The lowest BCUT2D eigenvalue weighted by atomic mass is 9.98. The van der Waals surface area contributed by atoms with Crippen molar-refractivity contribution >= 4 is 22.8 Å². The van der Waals surface area contributed by atoms with E-state index in [2.05, 4.69) is 33.5 Å². The summed E-state index contributed by atoms with van der Waals surface area (Å²) in [6.07, 6.45) is 5.03. The van der Waals surface area contributed by atoms with Crippen LogP contribution in [0.5, 0.6) is 0 Å². The highest BCUT2D eigenvalue weighted by molar-refractivity contribution is 5.90. The van der Waals surface area contributed by atoms with Gasteiger partial charge in [0.25, 0.3) is 0 Å². The van der Waals surface area contributed by atoms with Crippen LogP contribution in [0.1, 0.15) is 36.9 Å². The van der Waals surface area contributed by atoms with Crippen molar-refractivity contribution in [2.24, 2.45) is 0 Å². The van der Waals surface area contributed by atoms with Crippen LogP contribution in [-0.4, -0.2) is 52.1 Å². The van der Waals surface area contributed by atoms with Gasteiger partial charge in [-0.25, -0.2) is 4.98 Å². The van der Waals surface area contributed by atoms with E-state index in [-0.39, 0.29) is 0 Å². The molecule has 4 rings (SSSR count). The van der Waals surface area contributed by atoms with Crippen LogP contribution in [0.3, 0.4) is 0 Å². The molecule has 0 saturated carbocycles. The molecule has 128 valence electrons. The molecule has 2 saturated heterocycles. The van der Waals surface area contributed by atoms with Crippen LogP contribution < -0.4 is 10.6 Å². The Labute approximate surface area is 143 Å². The Hall–Kier alpha value is -1.95. The molecular weight excluding hydrogens is 300 g/mol. The fraction of sp³-hybridized carbons (Fsp3) is 0.611. The smallest absolute Gasteiger partial charge is 0.226 e. The van der Waals surface area contributed by atoms with Crippen LogP contribution in [0.2, 0.25) is 0 Å². The molecule has 2 aromatic rings. The number of nitrogens with zero attached hydrogens (tertiary/aromatic N) is 4. The van der Waals surface area contributed by atoms with Crippen LogP contribution in [0.4, 0.5) is 11.8 Å². The monoisotopic (exact) mass is 326 g/mol. The molecule has 24 heavy (non-hydrogen) atoms. The summed E-state index contributed by atoms with van der Waals surface area (Å²) in [6, 6.07) is 3.27. The molecule has 2 atom stereocenters. The lowest BCUT2D eigenvalue weighted by molar-refractivity contribution is 0.188. The maximum Gasteiger partial charge on any atom is 0.226 e. The van der Waals surface area contributed by atoms with Crippen molar-refractivity contribution < 1.29 is 0 Å². The van der Waals surface area contributed by atoms with Crippen molar-refractivity contribution in [1.82, 2.24) is 19.9 Å². The number of hydrogen-bond acceptors (Lipinski definition) is 6. The number of hydrogen-bond donors (Lipinski definition) is 2. The van der Waals surface area contributed by atoms with Gasteiger partial charge >= 0.3 is 0 Å². The van der Waals surface area contributed by atoms with E-state index in [9.17, 15) is 0 Å². The summed E-state index contributed by atoms with van der Waals surface area (Å²) in [4.78, 5) is 16.6. The second kappa shape index (κ2) is 6.16. The number of aromatic nitrogens is 3. The molecule has 6 nitrogen and oxygen atoms in total. The zero-order valence-electron chi connectivity index (χ0n) is 14.8. The molecule has 2 aliphatic heterocycles. The van der Waals surface area contributed by atoms with Crippen LogP contribution in [0.15, 0.2) is 6.07 Å². The largest absolute Gasteiger partial charge is 0.372 e. The first-order chi connectivity index (χ1) is 11.6. The molecule has 4 heterocycles. The summed E-state index contributed by atoms with van der Waals surface area (Å²) in [6.45, 7) is 6.56. The van der Waals surface area contributed by atoms with Crippen molar-refractivity contribution in [3.63, 3.8) is 0 Å². The van der Waals surface area contributed by atoms with E-state index < -0.39 is 0 Å². The van der Waals surface area contributed by atoms with Gasteiger partial charge in [0.05, 0.1) is 5.39 Å². The van der Waals surface area contributed by atoms with E-state index in [1.54, 1.807) is 0 Å². The molecule has 0 unspecified atom stereocenters. The van der Waals surface area contributed by atoms with Gasteiger partial charge in [0, 0.05) is 31.4 Å². The predicted molar refractivity (Wildman–Crippen MR) is 97.6 cm³/mol. The summed E-state index contributed by atoms with van der Waals surface area (Å²) in [5, 5.41) is 7.79. The highest BCUT2D eigenvalue weighted by Crippen LogP contribution is 2.29. The molecule has 2 fully saturated rings. The first-order valence-corrected chi connectivity index (χ1v) is 8.98. The lowest BCUT2D eigenvalue weighted by Gasteiger charge is -2.35. The van der Waals surface area contributed by atoms with E-state index in [1.807, 2.05) is 14.0 Å². The zero-order chi connectivity index (χ0) is 16.7. The minimum Gasteiger partial charge on any atom is -0.372 e. The summed E-state index contributed by atoms with van der Waals surface area (Å²) < 4.78 is 0. The zero-order valence-corrected chi connectivity index (χ0v) is 14.8. The maximum absolute atomic E-state index is 4.70. The Morgan fingerprint density at radius 2 is 2.00 bits per heavy atom. The Morgan fingerprint density at radius 3 is 2.83 bits per heavy atom. The number of pyridine rings is 1. The molecular formula is C18H26N6. The first kappa shape index (κ1) is 15.6. The molecule has 2 aliphatic rings. The molecule has 2 N–H and O–H groups in total. The number of rotatable bonds is 3. The van der Waals surface area contributed by atoms with Crippen LogP contribution >= 0.6 is 0 Å². The fourth-order valence-corrected chi connectivity index (χ4v) is 4.26. The lowest BCUT2D eigenvalue weighted by Crippen LogP contribution is -2.43. The van der Waals surface area contributed by atoms with Gasteiger partial charge in [0.1, 0.15) is 5.82 Å². The Morgan fingerprint density at radius 1 is 1.12 bits per heavy atom. The molecule has 0 radical (unpaired) electrons. The predicted octanol–water partition coefficient (Wildman–Crippen LogP) is 2.72. The molecule has 0 spiro atoms. The van der Waals surface area contributed by atoms with E-state index >= 15 is 0 Å². The Balaban J connectivity index is 1.62. The van der Waals surface area contributed by atoms with E-state index in [0.29, 0.717) is 12.0 Å². The number of anilines is 2. The van der Waals surface area contributed by atoms with Crippen LogP contribution in [0, 0.1) is 13.8 Å². The fourth-order valence-electron chi connectivity index (χ4n) is 4.26. The number of nitrogens with one attached hydrogen (secondary N) is 2. The third-order valence-electron chi connectivity index (χ3n) is 5.38. The molecule has 6 heteroatoms. The van der Waals surface area contributed by atoms with E-state index in [4.69, 9.17) is 9.97 Å². The van der Waals surface area contributed by atoms with Crippen molar-refractivity contribution in [3.05, 3.63) is 17.3 Å². The van der Waals surface area contributed by atoms with Gasteiger partial charge in [-0.1, -0.05) is 0 Å². The van der Waals surface area contributed by atoms with Gasteiger partial charge in [0.15, 0.2) is 5.65 Å². The molecule has 2 aromatic heterocycles. The van der Waals surface area contributed by atoms with Crippen molar-refractivity contribution in [3.8, 4) is 0 Å². The van der Waals surface area contributed by atoms with Gasteiger partial charge < -0.3 is 15.5 Å². The highest BCUT2D eigenvalue weighted by atomic mass is 15.2. The topological polar surface area (TPSA) is 66.0 Å². The molecule has 0 amide bonds. The third kappa shape index (κ3) is 2.79. The minimum absolute atomic E-state index is 0.456. The highest BCUT2D eigenvalue weighted by Gasteiger charge is 2.32. The quantitative estimate of drug-likeness (QED) is 0.904. The van der Waals surface area contributed by atoms with Gasteiger partial charge in [-0.3, -0.25) is 0 Å². The van der Waals surface area contributed by atoms with E-state index in [1.165, 1.54) is 32.4 Å². The Kier molecular flexibility index (Phi) is 4.00. The molecule has 0 aliphatic carbocycles. The number of aryl methyl sites for hydroxylation is 2. The second-order valence-corrected chi connectivity index (χ2v) is 7.12. The summed E-state index contributed by atoms with van der Waals surface area (Å²) in [5.41, 5.74) is 2.92. The van der Waals surface area contributed by atoms with Crippen molar-refractivity contribution in [1.29, 1.82) is 0 Å². The van der Waals surface area contributed by atoms with Gasteiger partial charge in [0.2, 0.25) is 5.95 Å². The van der Waals surface area contributed by atoms with Gasteiger partial charge in [-0.2, -0.15) is 9.97 Å². The summed E-state index contributed by atoms with van der Waals surface area (Å²) >= 11 is 0. The average molecular weight is 326 g/mol. The van der Waals surface area contributed by atoms with E-state index in [0.717, 1.165) is 40.6 Å². The Bertz CT molecular complexity index is 759. The summed E-state index contributed by atoms with van der Waals surface area (Å²) in [5.74, 6) is 1.55. The van der Waals surface area contributed by atoms with Crippen LogP contribution in [0.25, 0.3) is 11.0 Å². The molecule has 0 bridgehead atoms. The number of piperidine rings is 1. The maximum atomic E-state index is 4.70. The molecule has 0 aromatic carbocycles. The average Bonchev–Trinajstić information content (AvgIpc) is 3.01. The third-order valence-corrected chi connectivity index (χ3v) is 5.38. The normalized spacial score (nSPS) is 24.1. The van der Waals surface area contributed by atoms with Gasteiger partial charge in [-0.15, -0.1) is 0 Å².